The molecule has 1 aromatic heterocycles. The second-order valence-corrected chi connectivity index (χ2v) is 6.51. The van der Waals surface area contributed by atoms with E-state index in [9.17, 15) is 0 Å². The van der Waals surface area contributed by atoms with Crippen molar-refractivity contribution in [2.75, 3.05) is 7.05 Å². The predicted molar refractivity (Wildman–Crippen MR) is 78.7 cm³/mol. The fourth-order valence-electron chi connectivity index (χ4n) is 1.85. The van der Waals surface area contributed by atoms with Crippen LogP contribution in [0.15, 0.2) is 39.5 Å². The van der Waals surface area contributed by atoms with E-state index >= 15 is 0 Å². The van der Waals surface area contributed by atoms with Gasteiger partial charge in [0.05, 0.1) is 3.79 Å². The number of halogens is 1. The normalized spacial score (nSPS) is 12.6. The number of benzene rings is 1. The van der Waals surface area contributed by atoms with Crippen LogP contribution in [0, 0.1) is 6.92 Å². The molecule has 0 radical (unpaired) electrons. The number of likely N-dealkylation sites (N-methyl/N-ethyl adjacent to an activating group) is 1. The zero-order chi connectivity index (χ0) is 12.3. The van der Waals surface area contributed by atoms with Crippen molar-refractivity contribution in [3.8, 4) is 0 Å². The fraction of sp³-hybridized carbons (Fsp3) is 0.286. The van der Waals surface area contributed by atoms with E-state index in [1.54, 1.807) is 11.3 Å². The molecule has 0 fully saturated rings. The van der Waals surface area contributed by atoms with Gasteiger partial charge in [-0.25, -0.2) is 0 Å². The van der Waals surface area contributed by atoms with Gasteiger partial charge in [-0.2, -0.15) is 0 Å². The Hall–Kier alpha value is -0.640. The summed E-state index contributed by atoms with van der Waals surface area (Å²) in [4.78, 5) is 0. The summed E-state index contributed by atoms with van der Waals surface area (Å²) in [6.45, 7) is 2.12. The fourth-order valence-corrected chi connectivity index (χ4v) is 3.08. The van der Waals surface area contributed by atoms with E-state index < -0.39 is 0 Å². The maximum atomic E-state index is 3.52. The first-order chi connectivity index (χ1) is 8.19. The number of hydrogen-bond donors (Lipinski definition) is 1. The van der Waals surface area contributed by atoms with Crippen molar-refractivity contribution < 1.29 is 0 Å². The van der Waals surface area contributed by atoms with Crippen molar-refractivity contribution in [3.05, 3.63) is 56.2 Å². The average Bonchev–Trinajstić information content (AvgIpc) is 2.75. The molecule has 0 bridgehead atoms. The lowest BCUT2D eigenvalue weighted by Gasteiger charge is -2.15. The van der Waals surface area contributed by atoms with Gasteiger partial charge in [0, 0.05) is 6.04 Å². The summed E-state index contributed by atoms with van der Waals surface area (Å²) in [6, 6.07) is 11.3. The molecule has 17 heavy (non-hydrogen) atoms. The number of nitrogens with one attached hydrogen (secondary N) is 1. The Labute approximate surface area is 115 Å². The largest absolute Gasteiger partial charge is 0.313 e. The Bertz CT molecular complexity index is 475. The molecule has 1 unspecified atom stereocenters. The summed E-state index contributed by atoms with van der Waals surface area (Å²) in [6.07, 6.45) is 1.03. The predicted octanol–water partition coefficient (Wildman–Crippen LogP) is 4.32. The summed E-state index contributed by atoms with van der Waals surface area (Å²) < 4.78 is 1.19. The van der Waals surface area contributed by atoms with E-state index in [0.29, 0.717) is 6.04 Å². The Morgan fingerprint density at radius 3 is 2.53 bits per heavy atom. The van der Waals surface area contributed by atoms with E-state index in [1.165, 1.54) is 20.5 Å². The van der Waals surface area contributed by atoms with Gasteiger partial charge in [-0.05, 0) is 58.9 Å². The van der Waals surface area contributed by atoms with E-state index in [0.717, 1.165) is 6.42 Å². The molecule has 1 heterocycles. The third-order valence-electron chi connectivity index (χ3n) is 2.90. The van der Waals surface area contributed by atoms with Gasteiger partial charge >= 0.3 is 0 Å². The highest BCUT2D eigenvalue weighted by atomic mass is 79.9. The van der Waals surface area contributed by atoms with Crippen molar-refractivity contribution in [2.45, 2.75) is 19.4 Å². The van der Waals surface area contributed by atoms with Crippen LogP contribution in [0.25, 0.3) is 0 Å². The van der Waals surface area contributed by atoms with Crippen LogP contribution in [0.4, 0.5) is 0 Å². The summed E-state index contributed by atoms with van der Waals surface area (Å²) in [7, 11) is 2.02. The molecule has 2 rings (SSSR count). The summed E-state index contributed by atoms with van der Waals surface area (Å²) >= 11 is 5.25. The first-order valence-electron chi connectivity index (χ1n) is 5.66. The van der Waals surface area contributed by atoms with Crippen LogP contribution in [0.1, 0.15) is 22.7 Å². The lowest BCUT2D eigenvalue weighted by Crippen LogP contribution is -2.18. The Kier molecular flexibility index (Phi) is 4.37. The van der Waals surface area contributed by atoms with Crippen LogP contribution in [-0.2, 0) is 6.42 Å². The minimum Gasteiger partial charge on any atom is -0.313 e. The molecule has 0 aliphatic heterocycles. The van der Waals surface area contributed by atoms with Crippen molar-refractivity contribution in [3.63, 3.8) is 0 Å². The highest BCUT2D eigenvalue weighted by Gasteiger charge is 2.11. The van der Waals surface area contributed by atoms with Gasteiger partial charge in [-0.15, -0.1) is 11.3 Å². The van der Waals surface area contributed by atoms with Gasteiger partial charge in [0.2, 0.25) is 0 Å². The Balaban J connectivity index is 2.12. The number of rotatable bonds is 4. The highest BCUT2D eigenvalue weighted by molar-refractivity contribution is 9.11. The van der Waals surface area contributed by atoms with Crippen LogP contribution in [-0.4, -0.2) is 7.05 Å². The number of thiophene rings is 1. The minimum absolute atomic E-state index is 0.389. The molecular formula is C14H16BrNS. The standard InChI is InChI=1S/C14H16BrNS/c1-10-3-5-11(6-4-10)7-13(16-2)12-8-14(15)17-9-12/h3-6,8-9,13,16H,7H2,1-2H3. The zero-order valence-corrected chi connectivity index (χ0v) is 12.4. The van der Waals surface area contributed by atoms with Gasteiger partial charge in [0.25, 0.3) is 0 Å². The molecule has 1 atom stereocenters. The van der Waals surface area contributed by atoms with E-state index in [-0.39, 0.29) is 0 Å². The molecule has 0 saturated carbocycles. The van der Waals surface area contributed by atoms with Gasteiger partial charge in [0.15, 0.2) is 0 Å². The van der Waals surface area contributed by atoms with E-state index in [4.69, 9.17) is 0 Å². The van der Waals surface area contributed by atoms with E-state index in [2.05, 4.69) is 63.9 Å². The zero-order valence-electron chi connectivity index (χ0n) is 10.0. The van der Waals surface area contributed by atoms with Crippen LogP contribution in [0.5, 0.6) is 0 Å². The van der Waals surface area contributed by atoms with Gasteiger partial charge in [0.1, 0.15) is 0 Å². The summed E-state index contributed by atoms with van der Waals surface area (Å²) in [5.74, 6) is 0. The summed E-state index contributed by atoms with van der Waals surface area (Å²) in [5, 5.41) is 5.59. The maximum absolute atomic E-state index is 3.52. The van der Waals surface area contributed by atoms with E-state index in [1.807, 2.05) is 7.05 Å². The molecule has 1 N–H and O–H groups in total. The SMILES string of the molecule is CNC(Cc1ccc(C)cc1)c1csc(Br)c1. The third-order valence-corrected chi connectivity index (χ3v) is 4.42. The molecule has 1 aromatic carbocycles. The quantitative estimate of drug-likeness (QED) is 0.886. The van der Waals surface area contributed by atoms with Crippen molar-refractivity contribution in [1.29, 1.82) is 0 Å². The first kappa shape index (κ1) is 12.8. The van der Waals surface area contributed by atoms with Crippen molar-refractivity contribution in [2.24, 2.45) is 0 Å². The molecule has 1 nitrogen and oxygen atoms in total. The molecule has 0 amide bonds. The molecule has 90 valence electrons. The molecule has 2 aromatic rings. The Morgan fingerprint density at radius 1 is 1.29 bits per heavy atom. The van der Waals surface area contributed by atoms with Crippen LogP contribution < -0.4 is 5.32 Å². The molecule has 3 heteroatoms. The lowest BCUT2D eigenvalue weighted by molar-refractivity contribution is 0.594. The van der Waals surface area contributed by atoms with Crippen LogP contribution >= 0.6 is 27.3 Å². The second kappa shape index (κ2) is 5.80. The first-order valence-corrected chi connectivity index (χ1v) is 7.33. The van der Waals surface area contributed by atoms with Gasteiger partial charge in [-0.1, -0.05) is 29.8 Å². The minimum atomic E-state index is 0.389. The molecule has 0 spiro atoms. The third kappa shape index (κ3) is 3.41. The van der Waals surface area contributed by atoms with Crippen LogP contribution in [0.2, 0.25) is 0 Å². The highest BCUT2D eigenvalue weighted by Crippen LogP contribution is 2.27. The van der Waals surface area contributed by atoms with Crippen molar-refractivity contribution in [1.82, 2.24) is 5.32 Å². The van der Waals surface area contributed by atoms with Crippen molar-refractivity contribution >= 4 is 27.3 Å². The second-order valence-electron chi connectivity index (χ2n) is 4.22. The smallest absolute Gasteiger partial charge is 0.0701 e. The average molecular weight is 310 g/mol. The topological polar surface area (TPSA) is 12.0 Å². The molecular weight excluding hydrogens is 294 g/mol. The number of hydrogen-bond acceptors (Lipinski definition) is 2. The monoisotopic (exact) mass is 309 g/mol. The number of aryl methyl sites for hydroxylation is 1. The molecule has 0 aliphatic carbocycles. The summed E-state index contributed by atoms with van der Waals surface area (Å²) in [5.41, 5.74) is 4.04. The Morgan fingerprint density at radius 2 is 2.00 bits per heavy atom. The van der Waals surface area contributed by atoms with Gasteiger partial charge in [-0.3, -0.25) is 0 Å². The molecule has 0 aliphatic rings. The maximum Gasteiger partial charge on any atom is 0.0701 e. The lowest BCUT2D eigenvalue weighted by atomic mass is 10.0. The van der Waals surface area contributed by atoms with Crippen LogP contribution in [0.3, 0.4) is 0 Å². The molecule has 0 saturated heterocycles. The van der Waals surface area contributed by atoms with Gasteiger partial charge < -0.3 is 5.32 Å².